The van der Waals surface area contributed by atoms with Gasteiger partial charge in [0.25, 0.3) is 5.56 Å². The van der Waals surface area contributed by atoms with E-state index in [1.54, 1.807) is 30.3 Å². The molecule has 0 spiro atoms. The summed E-state index contributed by atoms with van der Waals surface area (Å²) in [7, 11) is 1.64. The van der Waals surface area contributed by atoms with Gasteiger partial charge in [0.05, 0.1) is 43.5 Å². The van der Waals surface area contributed by atoms with Crippen molar-refractivity contribution >= 4 is 27.3 Å². The fraction of sp³-hybridized carbons (Fsp3) is 0.308. The molecule has 0 amide bonds. The summed E-state index contributed by atoms with van der Waals surface area (Å²) in [4.78, 5) is 12.0. The van der Waals surface area contributed by atoms with Gasteiger partial charge >= 0.3 is 0 Å². The van der Waals surface area contributed by atoms with E-state index >= 15 is 0 Å². The number of methoxy groups -OCH3 is 1. The van der Waals surface area contributed by atoms with Crippen molar-refractivity contribution in [3.05, 3.63) is 46.1 Å². The van der Waals surface area contributed by atoms with Crippen LogP contribution in [0.25, 0.3) is 0 Å². The van der Waals surface area contributed by atoms with Crippen molar-refractivity contribution in [1.29, 1.82) is 0 Å². The molecule has 2 rings (SSSR count). The molecule has 1 N–H and O–H groups in total. The van der Waals surface area contributed by atoms with Crippen molar-refractivity contribution in [2.75, 3.05) is 19.0 Å². The number of hydrogen-bond acceptors (Lipinski definition) is 5. The minimum Gasteiger partial charge on any atom is -0.383 e. The predicted octanol–water partition coefficient (Wildman–Crippen LogP) is 1.78. The van der Waals surface area contributed by atoms with Crippen LogP contribution in [-0.4, -0.2) is 33.3 Å². The second-order valence-corrected chi connectivity index (χ2v) is 5.05. The minimum absolute atomic E-state index is 0.216. The lowest BCUT2D eigenvalue weighted by atomic mass is 10.4. The Bertz CT molecular complexity index is 679. The van der Waals surface area contributed by atoms with E-state index in [0.29, 0.717) is 29.9 Å². The van der Waals surface area contributed by atoms with Gasteiger partial charge in [-0.15, -0.1) is 6.58 Å². The summed E-state index contributed by atoms with van der Waals surface area (Å²) < 4.78 is 8.49. The van der Waals surface area contributed by atoms with Gasteiger partial charge in [-0.3, -0.25) is 9.48 Å². The zero-order valence-electron chi connectivity index (χ0n) is 11.6. The van der Waals surface area contributed by atoms with Crippen molar-refractivity contribution in [2.45, 2.75) is 13.1 Å². The summed E-state index contributed by atoms with van der Waals surface area (Å²) >= 11 is 3.29. The number of rotatable bonds is 7. The molecule has 0 aromatic carbocycles. The Morgan fingerprint density at radius 3 is 3.00 bits per heavy atom. The molecular weight excluding hydrogens is 338 g/mol. The van der Waals surface area contributed by atoms with Crippen molar-refractivity contribution in [1.82, 2.24) is 19.6 Å². The zero-order chi connectivity index (χ0) is 15.2. The maximum atomic E-state index is 12.0. The van der Waals surface area contributed by atoms with Crippen molar-refractivity contribution in [3.8, 4) is 0 Å². The highest BCUT2D eigenvalue weighted by Gasteiger charge is 2.09. The number of anilines is 2. The highest BCUT2D eigenvalue weighted by atomic mass is 79.9. The van der Waals surface area contributed by atoms with Crippen molar-refractivity contribution < 1.29 is 4.74 Å². The van der Waals surface area contributed by atoms with E-state index in [9.17, 15) is 4.79 Å². The molecule has 2 aromatic heterocycles. The largest absolute Gasteiger partial charge is 0.383 e. The quantitative estimate of drug-likeness (QED) is 0.768. The van der Waals surface area contributed by atoms with Gasteiger partial charge in [-0.05, 0) is 15.9 Å². The lowest BCUT2D eigenvalue weighted by Gasteiger charge is -2.07. The third-order valence-corrected chi connectivity index (χ3v) is 3.49. The predicted molar refractivity (Wildman–Crippen MR) is 83.8 cm³/mol. The molecule has 0 radical (unpaired) electrons. The van der Waals surface area contributed by atoms with Crippen LogP contribution < -0.4 is 10.9 Å². The van der Waals surface area contributed by atoms with Crippen LogP contribution in [0.3, 0.4) is 0 Å². The molecule has 0 saturated heterocycles. The molecule has 0 aliphatic rings. The Morgan fingerprint density at radius 2 is 2.29 bits per heavy atom. The van der Waals surface area contributed by atoms with Crippen LogP contribution in [0, 0.1) is 0 Å². The summed E-state index contributed by atoms with van der Waals surface area (Å²) in [5, 5.41) is 11.4. The van der Waals surface area contributed by atoms with Gasteiger partial charge in [-0.1, -0.05) is 6.08 Å². The van der Waals surface area contributed by atoms with Crippen LogP contribution in [0.4, 0.5) is 11.4 Å². The number of hydrogen-bond donors (Lipinski definition) is 1. The summed E-state index contributed by atoms with van der Waals surface area (Å²) in [5.74, 6) is 0. The molecule has 7 nitrogen and oxygen atoms in total. The zero-order valence-corrected chi connectivity index (χ0v) is 13.2. The molecule has 0 fully saturated rings. The first-order chi connectivity index (χ1) is 10.2. The fourth-order valence-electron chi connectivity index (χ4n) is 1.70. The Balaban J connectivity index is 2.16. The summed E-state index contributed by atoms with van der Waals surface area (Å²) in [5.41, 5.74) is 1.15. The maximum Gasteiger partial charge on any atom is 0.283 e. The topological polar surface area (TPSA) is 74.0 Å². The van der Waals surface area contributed by atoms with Gasteiger partial charge < -0.3 is 10.1 Å². The first kappa shape index (κ1) is 15.5. The molecule has 112 valence electrons. The first-order valence-corrected chi connectivity index (χ1v) is 7.10. The van der Waals surface area contributed by atoms with E-state index in [-0.39, 0.29) is 5.56 Å². The van der Waals surface area contributed by atoms with Crippen LogP contribution in [-0.2, 0) is 17.8 Å². The number of ether oxygens (including phenoxy) is 1. The van der Waals surface area contributed by atoms with Gasteiger partial charge in [0, 0.05) is 13.3 Å². The molecular formula is C13H16BrN5O2. The molecule has 21 heavy (non-hydrogen) atoms. The fourth-order valence-corrected chi connectivity index (χ4v) is 2.10. The Hall–Kier alpha value is -1.93. The third-order valence-electron chi connectivity index (χ3n) is 2.72. The number of aromatic nitrogens is 4. The summed E-state index contributed by atoms with van der Waals surface area (Å²) in [6, 6.07) is 0. The van der Waals surface area contributed by atoms with E-state index in [1.807, 2.05) is 6.20 Å². The summed E-state index contributed by atoms with van der Waals surface area (Å²) in [6.45, 7) is 5.21. The van der Waals surface area contributed by atoms with Crippen LogP contribution >= 0.6 is 15.9 Å². The lowest BCUT2D eigenvalue weighted by molar-refractivity contribution is 0.183. The van der Waals surface area contributed by atoms with Crippen LogP contribution in [0.15, 0.2) is 40.5 Å². The van der Waals surface area contributed by atoms with Crippen molar-refractivity contribution in [2.24, 2.45) is 0 Å². The molecule has 2 heterocycles. The molecule has 0 atom stereocenters. The molecule has 0 aliphatic carbocycles. The Morgan fingerprint density at radius 1 is 1.48 bits per heavy atom. The number of nitrogens with one attached hydrogen (secondary N) is 1. The van der Waals surface area contributed by atoms with E-state index in [0.717, 1.165) is 5.69 Å². The third kappa shape index (κ3) is 3.79. The van der Waals surface area contributed by atoms with Gasteiger partial charge in [0.2, 0.25) is 0 Å². The number of nitrogens with zero attached hydrogens (tertiary/aromatic N) is 4. The maximum absolute atomic E-state index is 12.0. The van der Waals surface area contributed by atoms with E-state index in [1.165, 1.54) is 4.68 Å². The highest BCUT2D eigenvalue weighted by Crippen LogP contribution is 2.21. The van der Waals surface area contributed by atoms with E-state index < -0.39 is 0 Å². The Kier molecular flexibility index (Phi) is 5.29. The van der Waals surface area contributed by atoms with E-state index in [4.69, 9.17) is 4.74 Å². The second kappa shape index (κ2) is 7.19. The average Bonchev–Trinajstić information content (AvgIpc) is 2.92. The van der Waals surface area contributed by atoms with Gasteiger partial charge in [0.15, 0.2) is 0 Å². The molecule has 0 saturated carbocycles. The highest BCUT2D eigenvalue weighted by molar-refractivity contribution is 9.10. The molecule has 8 heteroatoms. The number of halogens is 1. The van der Waals surface area contributed by atoms with Gasteiger partial charge in [-0.2, -0.15) is 10.2 Å². The molecule has 2 aromatic rings. The molecule has 0 aliphatic heterocycles. The second-order valence-electron chi connectivity index (χ2n) is 4.26. The van der Waals surface area contributed by atoms with Crippen LogP contribution in [0.2, 0.25) is 0 Å². The standard InChI is InChI=1S/C13H16BrN5O2/c1-3-4-19-13(20)12(14)11(8-16-19)17-10-7-15-18(9-10)5-6-21-2/h3,7-9,17H,1,4-6H2,2H3. The van der Waals surface area contributed by atoms with Gasteiger partial charge in [-0.25, -0.2) is 4.68 Å². The van der Waals surface area contributed by atoms with E-state index in [2.05, 4.69) is 38.0 Å². The monoisotopic (exact) mass is 353 g/mol. The number of allylic oxidation sites excluding steroid dienone is 1. The van der Waals surface area contributed by atoms with Gasteiger partial charge in [0.1, 0.15) is 4.47 Å². The first-order valence-electron chi connectivity index (χ1n) is 6.30. The average molecular weight is 354 g/mol. The minimum atomic E-state index is -0.216. The molecule has 0 bridgehead atoms. The lowest BCUT2D eigenvalue weighted by Crippen LogP contribution is -2.23. The smallest absolute Gasteiger partial charge is 0.283 e. The van der Waals surface area contributed by atoms with Crippen molar-refractivity contribution in [3.63, 3.8) is 0 Å². The van der Waals surface area contributed by atoms with Crippen LogP contribution in [0.1, 0.15) is 0 Å². The molecule has 0 unspecified atom stereocenters. The summed E-state index contributed by atoms with van der Waals surface area (Å²) in [6.07, 6.45) is 6.72. The van der Waals surface area contributed by atoms with Crippen LogP contribution in [0.5, 0.6) is 0 Å². The normalized spacial score (nSPS) is 10.6. The SMILES string of the molecule is C=CCn1ncc(Nc2cnn(CCOC)c2)c(Br)c1=O. The Labute approximate surface area is 130 Å².